The summed E-state index contributed by atoms with van der Waals surface area (Å²) in [6.07, 6.45) is 1.13. The van der Waals surface area contributed by atoms with Gasteiger partial charge in [-0.25, -0.2) is 4.98 Å². The summed E-state index contributed by atoms with van der Waals surface area (Å²) in [5.41, 5.74) is 0.966. The smallest absolute Gasteiger partial charge is 0.280 e. The van der Waals surface area contributed by atoms with Gasteiger partial charge in [0.2, 0.25) is 0 Å². The topological polar surface area (TPSA) is 55.6 Å². The zero-order valence-electron chi connectivity index (χ0n) is 11.1. The fraction of sp³-hybridized carbons (Fsp3) is 0.286. The van der Waals surface area contributed by atoms with Crippen LogP contribution in [0.5, 0.6) is 5.75 Å². The Balaban J connectivity index is 2.05. The maximum atomic E-state index is 12.6. The van der Waals surface area contributed by atoms with Crippen LogP contribution in [0.25, 0.3) is 0 Å². The molecule has 2 heterocycles. The molecule has 0 N–H and O–H groups in total. The Morgan fingerprint density at radius 2 is 2.30 bits per heavy atom. The van der Waals surface area contributed by atoms with Gasteiger partial charge in [-0.05, 0) is 26.0 Å². The summed E-state index contributed by atoms with van der Waals surface area (Å²) in [5.74, 6) is 0.815. The maximum Gasteiger partial charge on any atom is 0.280 e. The number of halogens is 1. The molecule has 1 atom stereocenters. The summed E-state index contributed by atoms with van der Waals surface area (Å²) in [7, 11) is 0. The van der Waals surface area contributed by atoms with Crippen LogP contribution < -0.4 is 9.64 Å². The first-order valence-electron chi connectivity index (χ1n) is 6.25. The Labute approximate surface area is 121 Å². The van der Waals surface area contributed by atoms with Crippen LogP contribution in [0.1, 0.15) is 23.2 Å². The minimum absolute atomic E-state index is 0.140. The molecular formula is C14H13ClN2O3. The molecular weight excluding hydrogens is 280 g/mol. The third-order valence-electron chi connectivity index (χ3n) is 3.19. The number of ether oxygens (including phenoxy) is 1. The van der Waals surface area contributed by atoms with Crippen LogP contribution in [0.2, 0.25) is 5.02 Å². The Kier molecular flexibility index (Phi) is 3.14. The SMILES string of the molecule is Cc1ocnc1C(=O)N1CC(C)Oc2c(Cl)cccc21. The highest BCUT2D eigenvalue weighted by Gasteiger charge is 2.31. The van der Waals surface area contributed by atoms with Gasteiger partial charge in [-0.2, -0.15) is 0 Å². The highest BCUT2D eigenvalue weighted by atomic mass is 35.5. The number of amides is 1. The van der Waals surface area contributed by atoms with Gasteiger partial charge in [-0.15, -0.1) is 0 Å². The summed E-state index contributed by atoms with van der Waals surface area (Å²) in [5, 5.41) is 0.490. The van der Waals surface area contributed by atoms with Gasteiger partial charge in [0, 0.05) is 0 Å². The van der Waals surface area contributed by atoms with Crippen molar-refractivity contribution in [2.24, 2.45) is 0 Å². The van der Waals surface area contributed by atoms with Gasteiger partial charge in [0.1, 0.15) is 11.9 Å². The Hall–Kier alpha value is -2.01. The lowest BCUT2D eigenvalue weighted by atomic mass is 10.1. The van der Waals surface area contributed by atoms with Gasteiger partial charge in [0.05, 0.1) is 17.3 Å². The van der Waals surface area contributed by atoms with E-state index in [0.29, 0.717) is 34.5 Å². The van der Waals surface area contributed by atoms with E-state index in [1.807, 2.05) is 6.92 Å². The second-order valence-corrected chi connectivity index (χ2v) is 5.10. The molecule has 104 valence electrons. The van der Waals surface area contributed by atoms with Crippen molar-refractivity contribution >= 4 is 23.2 Å². The molecule has 0 saturated carbocycles. The number of carbonyl (C=O) groups is 1. The maximum absolute atomic E-state index is 12.6. The Bertz CT molecular complexity index is 668. The van der Waals surface area contributed by atoms with Gasteiger partial charge in [0.25, 0.3) is 5.91 Å². The molecule has 2 aromatic rings. The predicted octanol–water partition coefficient (Wildman–Crippen LogP) is 3.06. The van der Waals surface area contributed by atoms with Crippen LogP contribution in [0.4, 0.5) is 5.69 Å². The number of anilines is 1. The predicted molar refractivity (Wildman–Crippen MR) is 74.5 cm³/mol. The highest BCUT2D eigenvalue weighted by molar-refractivity contribution is 6.32. The fourth-order valence-electron chi connectivity index (χ4n) is 2.25. The zero-order valence-corrected chi connectivity index (χ0v) is 11.8. The van der Waals surface area contributed by atoms with E-state index in [1.165, 1.54) is 6.39 Å². The molecule has 0 fully saturated rings. The number of hydrogen-bond donors (Lipinski definition) is 0. The van der Waals surface area contributed by atoms with E-state index in [1.54, 1.807) is 30.0 Å². The molecule has 3 rings (SSSR count). The quantitative estimate of drug-likeness (QED) is 0.810. The third-order valence-corrected chi connectivity index (χ3v) is 3.49. The third kappa shape index (κ3) is 2.04. The molecule has 1 amide bonds. The van der Waals surface area contributed by atoms with Crippen molar-refractivity contribution in [3.8, 4) is 5.75 Å². The number of aryl methyl sites for hydroxylation is 1. The van der Waals surface area contributed by atoms with Crippen molar-refractivity contribution in [2.75, 3.05) is 11.4 Å². The largest absolute Gasteiger partial charge is 0.485 e. The first kappa shape index (κ1) is 13.0. The molecule has 0 bridgehead atoms. The van der Waals surface area contributed by atoms with Crippen LogP contribution in [-0.2, 0) is 0 Å². The average Bonchev–Trinajstić information content (AvgIpc) is 2.84. The molecule has 1 aromatic heterocycles. The van der Waals surface area contributed by atoms with Crippen LogP contribution in [-0.4, -0.2) is 23.5 Å². The van der Waals surface area contributed by atoms with E-state index in [-0.39, 0.29) is 12.0 Å². The van der Waals surface area contributed by atoms with Gasteiger partial charge in [0.15, 0.2) is 17.8 Å². The number of hydrogen-bond acceptors (Lipinski definition) is 4. The Morgan fingerprint density at radius 1 is 1.50 bits per heavy atom. The fourth-order valence-corrected chi connectivity index (χ4v) is 2.47. The van der Waals surface area contributed by atoms with Gasteiger partial charge >= 0.3 is 0 Å². The van der Waals surface area contributed by atoms with Crippen molar-refractivity contribution in [1.82, 2.24) is 4.98 Å². The average molecular weight is 293 g/mol. The minimum Gasteiger partial charge on any atom is -0.485 e. The van der Waals surface area contributed by atoms with Crippen molar-refractivity contribution in [2.45, 2.75) is 20.0 Å². The second kappa shape index (κ2) is 4.83. The van der Waals surface area contributed by atoms with Crippen LogP contribution in [0.3, 0.4) is 0 Å². The molecule has 6 heteroatoms. The molecule has 1 aromatic carbocycles. The molecule has 0 spiro atoms. The van der Waals surface area contributed by atoms with E-state index in [0.717, 1.165) is 0 Å². The lowest BCUT2D eigenvalue weighted by Gasteiger charge is -2.33. The number of fused-ring (bicyclic) bond motifs is 1. The molecule has 0 saturated heterocycles. The summed E-state index contributed by atoms with van der Waals surface area (Å²) < 4.78 is 10.8. The van der Waals surface area contributed by atoms with Gasteiger partial charge < -0.3 is 9.15 Å². The van der Waals surface area contributed by atoms with E-state index >= 15 is 0 Å². The zero-order chi connectivity index (χ0) is 14.3. The number of carbonyl (C=O) groups excluding carboxylic acids is 1. The number of rotatable bonds is 1. The lowest BCUT2D eigenvalue weighted by molar-refractivity contribution is 0.0955. The summed E-state index contributed by atoms with van der Waals surface area (Å²) in [6, 6.07) is 5.33. The standard InChI is InChI=1S/C14H13ClN2O3/c1-8-6-17(14(18)12-9(2)19-7-16-12)11-5-3-4-10(15)13(11)20-8/h3-5,7-8H,6H2,1-2H3. The van der Waals surface area contributed by atoms with Crippen LogP contribution in [0.15, 0.2) is 29.0 Å². The number of aromatic nitrogens is 1. The Morgan fingerprint density at radius 3 is 3.00 bits per heavy atom. The van der Waals surface area contributed by atoms with Crippen LogP contribution >= 0.6 is 11.6 Å². The van der Waals surface area contributed by atoms with Crippen molar-refractivity contribution < 1.29 is 13.9 Å². The molecule has 0 radical (unpaired) electrons. The molecule has 1 aliphatic heterocycles. The molecule has 0 aliphatic carbocycles. The molecule has 5 nitrogen and oxygen atoms in total. The first-order chi connectivity index (χ1) is 9.58. The second-order valence-electron chi connectivity index (χ2n) is 4.69. The number of nitrogens with zero attached hydrogens (tertiary/aromatic N) is 2. The van der Waals surface area contributed by atoms with Gasteiger partial charge in [-0.1, -0.05) is 17.7 Å². The summed E-state index contributed by atoms with van der Waals surface area (Å²) >= 11 is 6.14. The normalized spacial score (nSPS) is 17.6. The van der Waals surface area contributed by atoms with Crippen molar-refractivity contribution in [3.05, 3.63) is 41.1 Å². The lowest BCUT2D eigenvalue weighted by Crippen LogP contribution is -2.42. The van der Waals surface area contributed by atoms with Crippen LogP contribution in [0, 0.1) is 6.92 Å². The monoisotopic (exact) mass is 292 g/mol. The summed E-state index contributed by atoms with van der Waals surface area (Å²) in [6.45, 7) is 4.05. The van der Waals surface area contributed by atoms with E-state index in [4.69, 9.17) is 20.8 Å². The summed E-state index contributed by atoms with van der Waals surface area (Å²) in [4.78, 5) is 18.2. The highest BCUT2D eigenvalue weighted by Crippen LogP contribution is 2.39. The van der Waals surface area contributed by atoms with Crippen molar-refractivity contribution in [1.29, 1.82) is 0 Å². The number of oxazole rings is 1. The van der Waals surface area contributed by atoms with E-state index in [9.17, 15) is 4.79 Å². The minimum atomic E-state index is -0.213. The molecule has 20 heavy (non-hydrogen) atoms. The van der Waals surface area contributed by atoms with Crippen molar-refractivity contribution in [3.63, 3.8) is 0 Å². The van der Waals surface area contributed by atoms with Gasteiger partial charge in [-0.3, -0.25) is 9.69 Å². The first-order valence-corrected chi connectivity index (χ1v) is 6.63. The van der Waals surface area contributed by atoms with E-state index < -0.39 is 0 Å². The van der Waals surface area contributed by atoms with E-state index in [2.05, 4.69) is 4.98 Å². The molecule has 1 aliphatic rings. The molecule has 1 unspecified atom stereocenters. The number of benzene rings is 1. The number of para-hydroxylation sites is 1.